The Morgan fingerprint density at radius 1 is 1.53 bits per heavy atom. The summed E-state index contributed by atoms with van der Waals surface area (Å²) in [6, 6.07) is 3.40. The van der Waals surface area contributed by atoms with Crippen molar-refractivity contribution in [2.45, 2.75) is 24.3 Å². The van der Waals surface area contributed by atoms with Gasteiger partial charge in [-0.15, -0.1) is 0 Å². The molecule has 7 heteroatoms. The van der Waals surface area contributed by atoms with Gasteiger partial charge >= 0.3 is 0 Å². The van der Waals surface area contributed by atoms with Gasteiger partial charge in [-0.05, 0) is 37.5 Å². The highest BCUT2D eigenvalue weighted by atomic mass is 35.5. The SMILES string of the molecule is CC(N)C1CCN(S(=O)(=O)c2ccc(F)c(Cl)c2)C1. The monoisotopic (exact) mass is 306 g/mol. The zero-order chi connectivity index (χ0) is 14.2. The van der Waals surface area contributed by atoms with Crippen molar-refractivity contribution < 1.29 is 12.8 Å². The van der Waals surface area contributed by atoms with E-state index in [1.165, 1.54) is 10.4 Å². The summed E-state index contributed by atoms with van der Waals surface area (Å²) in [5.41, 5.74) is 5.79. The molecular formula is C12H16ClFN2O2S. The molecule has 2 rings (SSSR count). The van der Waals surface area contributed by atoms with Gasteiger partial charge in [-0.3, -0.25) is 0 Å². The molecule has 0 spiro atoms. The van der Waals surface area contributed by atoms with Crippen molar-refractivity contribution in [3.63, 3.8) is 0 Å². The van der Waals surface area contributed by atoms with Gasteiger partial charge < -0.3 is 5.73 Å². The summed E-state index contributed by atoms with van der Waals surface area (Å²) in [5, 5.41) is -0.191. The average Bonchev–Trinajstić information content (AvgIpc) is 2.82. The predicted molar refractivity (Wildman–Crippen MR) is 71.9 cm³/mol. The smallest absolute Gasteiger partial charge is 0.243 e. The summed E-state index contributed by atoms with van der Waals surface area (Å²) in [7, 11) is -3.62. The highest BCUT2D eigenvalue weighted by Gasteiger charge is 2.34. The molecule has 2 unspecified atom stereocenters. The fraction of sp³-hybridized carbons (Fsp3) is 0.500. The zero-order valence-corrected chi connectivity index (χ0v) is 12.1. The maximum absolute atomic E-state index is 13.1. The molecule has 4 nitrogen and oxygen atoms in total. The van der Waals surface area contributed by atoms with Crippen LogP contribution in [-0.2, 0) is 10.0 Å². The van der Waals surface area contributed by atoms with Crippen LogP contribution in [0.3, 0.4) is 0 Å². The average molecular weight is 307 g/mol. The van der Waals surface area contributed by atoms with E-state index in [1.807, 2.05) is 6.92 Å². The molecule has 1 heterocycles. The largest absolute Gasteiger partial charge is 0.328 e. The number of nitrogens with zero attached hydrogens (tertiary/aromatic N) is 1. The van der Waals surface area contributed by atoms with Gasteiger partial charge in [-0.1, -0.05) is 11.6 Å². The van der Waals surface area contributed by atoms with E-state index in [4.69, 9.17) is 17.3 Å². The minimum absolute atomic E-state index is 0.0178. The lowest BCUT2D eigenvalue weighted by molar-refractivity contribution is 0.429. The number of hydrogen-bond acceptors (Lipinski definition) is 3. The third kappa shape index (κ3) is 2.91. The number of nitrogens with two attached hydrogens (primary N) is 1. The van der Waals surface area contributed by atoms with Gasteiger partial charge in [0.05, 0.1) is 9.92 Å². The van der Waals surface area contributed by atoms with Gasteiger partial charge in [-0.25, -0.2) is 12.8 Å². The Hall–Kier alpha value is -0.690. The first kappa shape index (κ1) is 14.7. The minimum Gasteiger partial charge on any atom is -0.328 e. The zero-order valence-electron chi connectivity index (χ0n) is 10.5. The number of benzene rings is 1. The Labute approximate surface area is 117 Å². The molecule has 0 aliphatic carbocycles. The summed E-state index contributed by atoms with van der Waals surface area (Å²) in [6.45, 7) is 2.70. The molecule has 2 atom stereocenters. The summed E-state index contributed by atoms with van der Waals surface area (Å²) < 4.78 is 39.2. The van der Waals surface area contributed by atoms with E-state index in [2.05, 4.69) is 0 Å². The van der Waals surface area contributed by atoms with Gasteiger partial charge in [-0.2, -0.15) is 4.31 Å². The molecule has 1 fully saturated rings. The van der Waals surface area contributed by atoms with Crippen LogP contribution >= 0.6 is 11.6 Å². The van der Waals surface area contributed by atoms with E-state index in [0.29, 0.717) is 13.1 Å². The van der Waals surface area contributed by atoms with Gasteiger partial charge in [0.2, 0.25) is 10.0 Å². The van der Waals surface area contributed by atoms with Crippen molar-refractivity contribution >= 4 is 21.6 Å². The van der Waals surface area contributed by atoms with Crippen LogP contribution in [0.15, 0.2) is 23.1 Å². The standard InChI is InChI=1S/C12H16ClFN2O2S/c1-8(15)9-4-5-16(7-9)19(17,18)10-2-3-12(14)11(13)6-10/h2-3,6,8-9H,4-5,7,15H2,1H3. The quantitative estimate of drug-likeness (QED) is 0.927. The van der Waals surface area contributed by atoms with E-state index < -0.39 is 15.8 Å². The predicted octanol–water partition coefficient (Wildman–Crippen LogP) is 1.84. The lowest BCUT2D eigenvalue weighted by Crippen LogP contribution is -2.33. The second kappa shape index (κ2) is 5.36. The first-order valence-electron chi connectivity index (χ1n) is 6.03. The van der Waals surface area contributed by atoms with Crippen molar-refractivity contribution in [3.05, 3.63) is 29.0 Å². The molecule has 1 saturated heterocycles. The third-order valence-electron chi connectivity index (χ3n) is 3.46. The summed E-state index contributed by atoms with van der Waals surface area (Å²) >= 11 is 5.63. The normalized spacial score (nSPS) is 22.6. The van der Waals surface area contributed by atoms with Crippen molar-refractivity contribution in [1.82, 2.24) is 4.31 Å². The molecule has 1 aliphatic heterocycles. The fourth-order valence-corrected chi connectivity index (χ4v) is 3.97. The second-order valence-electron chi connectivity index (χ2n) is 4.85. The van der Waals surface area contributed by atoms with E-state index >= 15 is 0 Å². The summed E-state index contributed by atoms with van der Waals surface area (Å²) in [5.74, 6) is -0.471. The third-order valence-corrected chi connectivity index (χ3v) is 5.61. The van der Waals surface area contributed by atoms with Crippen molar-refractivity contribution in [2.75, 3.05) is 13.1 Å². The highest BCUT2D eigenvalue weighted by molar-refractivity contribution is 7.89. The van der Waals surface area contributed by atoms with Crippen LogP contribution in [0, 0.1) is 11.7 Å². The number of rotatable bonds is 3. The van der Waals surface area contributed by atoms with Crippen molar-refractivity contribution in [2.24, 2.45) is 11.7 Å². The molecule has 0 bridgehead atoms. The van der Waals surface area contributed by atoms with Gasteiger partial charge in [0.1, 0.15) is 5.82 Å². The molecule has 0 saturated carbocycles. The molecule has 1 aliphatic rings. The van der Waals surface area contributed by atoms with Crippen LogP contribution in [-0.4, -0.2) is 31.9 Å². The van der Waals surface area contributed by atoms with Gasteiger partial charge in [0, 0.05) is 19.1 Å². The van der Waals surface area contributed by atoms with E-state index in [-0.39, 0.29) is 21.9 Å². The topological polar surface area (TPSA) is 63.4 Å². The van der Waals surface area contributed by atoms with Crippen LogP contribution < -0.4 is 5.73 Å². The molecule has 19 heavy (non-hydrogen) atoms. The van der Waals surface area contributed by atoms with E-state index in [0.717, 1.165) is 18.6 Å². The van der Waals surface area contributed by atoms with Crippen molar-refractivity contribution in [1.29, 1.82) is 0 Å². The minimum atomic E-state index is -3.62. The Morgan fingerprint density at radius 3 is 2.74 bits per heavy atom. The first-order valence-corrected chi connectivity index (χ1v) is 7.85. The van der Waals surface area contributed by atoms with E-state index in [9.17, 15) is 12.8 Å². The van der Waals surface area contributed by atoms with Crippen LogP contribution in [0.2, 0.25) is 5.02 Å². The van der Waals surface area contributed by atoms with Crippen LogP contribution in [0.1, 0.15) is 13.3 Å². The van der Waals surface area contributed by atoms with Crippen LogP contribution in [0.4, 0.5) is 4.39 Å². The van der Waals surface area contributed by atoms with Gasteiger partial charge in [0.15, 0.2) is 0 Å². The second-order valence-corrected chi connectivity index (χ2v) is 7.19. The summed E-state index contributed by atoms with van der Waals surface area (Å²) in [4.78, 5) is 0.0178. The Bertz CT molecular complexity index is 577. The molecule has 106 valence electrons. The fourth-order valence-electron chi connectivity index (χ4n) is 2.19. The molecule has 2 N–H and O–H groups in total. The first-order chi connectivity index (χ1) is 8.82. The molecule has 0 amide bonds. The van der Waals surface area contributed by atoms with E-state index in [1.54, 1.807) is 0 Å². The highest BCUT2D eigenvalue weighted by Crippen LogP contribution is 2.27. The maximum atomic E-state index is 13.1. The Morgan fingerprint density at radius 2 is 2.21 bits per heavy atom. The van der Waals surface area contributed by atoms with Crippen LogP contribution in [0.5, 0.6) is 0 Å². The summed E-state index contributed by atoms with van der Waals surface area (Å²) in [6.07, 6.45) is 0.742. The number of hydrogen-bond donors (Lipinski definition) is 1. The molecule has 0 aromatic heterocycles. The molecule has 1 aromatic carbocycles. The Balaban J connectivity index is 2.26. The molecule has 0 radical (unpaired) electrons. The maximum Gasteiger partial charge on any atom is 0.243 e. The molecule has 1 aromatic rings. The molecular weight excluding hydrogens is 291 g/mol. The number of halogens is 2. The van der Waals surface area contributed by atoms with Gasteiger partial charge in [0.25, 0.3) is 0 Å². The lowest BCUT2D eigenvalue weighted by atomic mass is 10.0. The lowest BCUT2D eigenvalue weighted by Gasteiger charge is -2.18. The Kier molecular flexibility index (Phi) is 4.15. The van der Waals surface area contributed by atoms with Crippen molar-refractivity contribution in [3.8, 4) is 0 Å². The van der Waals surface area contributed by atoms with Crippen LogP contribution in [0.25, 0.3) is 0 Å². The number of sulfonamides is 1.